The molecule has 1 aliphatic heterocycles. The molecular weight excluding hydrogens is 490 g/mol. The van der Waals surface area contributed by atoms with Crippen LogP contribution >= 0.6 is 11.6 Å². The number of hydrogen-bond donors (Lipinski definition) is 0. The van der Waals surface area contributed by atoms with E-state index < -0.39 is 16.0 Å². The van der Waals surface area contributed by atoms with Gasteiger partial charge in [0.1, 0.15) is 5.82 Å². The lowest BCUT2D eigenvalue weighted by Gasteiger charge is -2.25. The number of aromatic nitrogens is 1. The maximum absolute atomic E-state index is 13.7. The fourth-order valence-electron chi connectivity index (χ4n) is 3.94. The smallest absolute Gasteiger partial charge is 0.337 e. The van der Waals surface area contributed by atoms with Crippen molar-refractivity contribution in [2.24, 2.45) is 0 Å². The van der Waals surface area contributed by atoms with Crippen molar-refractivity contribution in [3.05, 3.63) is 82.5 Å². The van der Waals surface area contributed by atoms with E-state index in [-0.39, 0.29) is 28.7 Å². The molecule has 3 aromatic rings. The van der Waals surface area contributed by atoms with Crippen LogP contribution in [0.1, 0.15) is 34.3 Å². The lowest BCUT2D eigenvalue weighted by Crippen LogP contribution is -2.32. The first-order valence-corrected chi connectivity index (χ1v) is 12.7. The second kappa shape index (κ2) is 10.1. The molecule has 1 aromatic heterocycles. The Balaban J connectivity index is 1.70. The van der Waals surface area contributed by atoms with Crippen LogP contribution in [-0.2, 0) is 26.1 Å². The van der Waals surface area contributed by atoms with E-state index in [0.717, 1.165) is 12.1 Å². The summed E-state index contributed by atoms with van der Waals surface area (Å²) < 4.78 is 33.4. The first-order chi connectivity index (χ1) is 16.7. The number of rotatable bonds is 7. The number of nitrogens with zero attached hydrogens (tertiary/aromatic N) is 3. The molecule has 0 bridgehead atoms. The van der Waals surface area contributed by atoms with Gasteiger partial charge in [-0.3, -0.25) is 4.79 Å². The Kier molecular flexibility index (Phi) is 7.09. The number of esters is 1. The van der Waals surface area contributed by atoms with Crippen molar-refractivity contribution in [1.29, 1.82) is 0 Å². The Hall–Kier alpha value is -3.43. The lowest BCUT2D eigenvalue weighted by molar-refractivity contribution is -0.117. The van der Waals surface area contributed by atoms with Crippen molar-refractivity contribution >= 4 is 45.0 Å². The van der Waals surface area contributed by atoms with E-state index in [0.29, 0.717) is 29.1 Å². The summed E-state index contributed by atoms with van der Waals surface area (Å²) in [6.07, 6.45) is 2.75. The Morgan fingerprint density at radius 1 is 1.14 bits per heavy atom. The summed E-state index contributed by atoms with van der Waals surface area (Å²) in [5.74, 6) is -0.235. The van der Waals surface area contributed by atoms with Gasteiger partial charge in [-0.2, -0.15) is 0 Å². The van der Waals surface area contributed by atoms with Crippen LogP contribution in [-0.4, -0.2) is 38.9 Å². The number of pyridine rings is 1. The van der Waals surface area contributed by atoms with Crippen molar-refractivity contribution in [2.45, 2.75) is 31.2 Å². The van der Waals surface area contributed by atoms with Crippen molar-refractivity contribution in [1.82, 2.24) is 4.98 Å². The number of ether oxygens (including phenoxy) is 1. The summed E-state index contributed by atoms with van der Waals surface area (Å²) in [5, 5.41) is 0.394. The average molecular weight is 514 g/mol. The zero-order valence-corrected chi connectivity index (χ0v) is 20.8. The topological polar surface area (TPSA) is 96.9 Å². The van der Waals surface area contributed by atoms with Gasteiger partial charge in [0.25, 0.3) is 10.0 Å². The molecule has 0 saturated carbocycles. The van der Waals surface area contributed by atoms with E-state index >= 15 is 0 Å². The molecule has 1 fully saturated rings. The lowest BCUT2D eigenvalue weighted by atomic mass is 10.2. The highest BCUT2D eigenvalue weighted by Crippen LogP contribution is 2.29. The highest BCUT2D eigenvalue weighted by Gasteiger charge is 2.28. The van der Waals surface area contributed by atoms with E-state index in [1.807, 2.05) is 12.1 Å². The van der Waals surface area contributed by atoms with Crippen LogP contribution in [0.25, 0.3) is 0 Å². The van der Waals surface area contributed by atoms with E-state index in [1.54, 1.807) is 30.0 Å². The third-order valence-corrected chi connectivity index (χ3v) is 7.72. The molecule has 1 saturated heterocycles. The first kappa shape index (κ1) is 24.7. The number of halogens is 1. The van der Waals surface area contributed by atoms with Crippen molar-refractivity contribution in [2.75, 3.05) is 22.9 Å². The van der Waals surface area contributed by atoms with Gasteiger partial charge in [0.15, 0.2) is 0 Å². The molecule has 0 aliphatic carbocycles. The minimum atomic E-state index is -4.06. The van der Waals surface area contributed by atoms with Crippen LogP contribution in [0.2, 0.25) is 5.02 Å². The Labute approximate surface area is 209 Å². The number of sulfonamides is 1. The number of carbonyl (C=O) groups excluding carboxylic acids is 2. The maximum Gasteiger partial charge on any atom is 0.337 e. The average Bonchev–Trinajstić information content (AvgIpc) is 3.28. The molecule has 8 nitrogen and oxygen atoms in total. The second-order valence-electron chi connectivity index (χ2n) is 8.14. The third-order valence-electron chi connectivity index (χ3n) is 5.76. The quantitative estimate of drug-likeness (QED) is 0.436. The molecule has 0 spiro atoms. The summed E-state index contributed by atoms with van der Waals surface area (Å²) in [6, 6.07) is 14.4. The predicted molar refractivity (Wildman–Crippen MR) is 133 cm³/mol. The van der Waals surface area contributed by atoms with Gasteiger partial charge in [-0.05, 0) is 66.9 Å². The summed E-state index contributed by atoms with van der Waals surface area (Å²) >= 11 is 6.06. The molecule has 4 rings (SSSR count). The highest BCUT2D eigenvalue weighted by molar-refractivity contribution is 7.92. The zero-order chi connectivity index (χ0) is 25.2. The summed E-state index contributed by atoms with van der Waals surface area (Å²) in [5.41, 5.74) is 2.33. The number of hydrogen-bond acceptors (Lipinski definition) is 6. The van der Waals surface area contributed by atoms with E-state index in [1.165, 1.54) is 41.9 Å². The molecule has 0 radical (unpaired) electrons. The van der Waals surface area contributed by atoms with E-state index in [4.69, 9.17) is 16.3 Å². The number of anilines is 2. The predicted octanol–water partition coefficient (Wildman–Crippen LogP) is 4.35. The third kappa shape index (κ3) is 5.16. The molecule has 182 valence electrons. The minimum Gasteiger partial charge on any atom is -0.465 e. The summed E-state index contributed by atoms with van der Waals surface area (Å²) in [7, 11) is -2.80. The standard InChI is InChI=1S/C25H24ClN3O5S/c1-17-14-20(26)15-27-24(17)29(35(32,33)22-11-7-19(8-12-22)25(31)34-2)16-18-5-9-21(10-6-18)28-13-3-4-23(28)30/h5-12,14-15H,3-4,13,16H2,1-2H3. The van der Waals surface area contributed by atoms with Gasteiger partial charge >= 0.3 is 5.97 Å². The van der Waals surface area contributed by atoms with Crippen LogP contribution in [0.5, 0.6) is 0 Å². The minimum absolute atomic E-state index is 0.000543. The number of methoxy groups -OCH3 is 1. The molecule has 0 N–H and O–H groups in total. The molecule has 0 unspecified atom stereocenters. The second-order valence-corrected chi connectivity index (χ2v) is 10.4. The largest absolute Gasteiger partial charge is 0.465 e. The Bertz CT molecular complexity index is 1360. The van der Waals surface area contributed by atoms with Crippen LogP contribution in [0.4, 0.5) is 11.5 Å². The molecular formula is C25H24ClN3O5S. The molecule has 2 heterocycles. The SMILES string of the molecule is COC(=O)c1ccc(S(=O)(=O)N(Cc2ccc(N3CCCC3=O)cc2)c2ncc(Cl)cc2C)cc1. The van der Waals surface area contributed by atoms with E-state index in [9.17, 15) is 18.0 Å². The molecule has 0 atom stereocenters. The number of benzene rings is 2. The van der Waals surface area contributed by atoms with Gasteiger partial charge in [-0.15, -0.1) is 0 Å². The van der Waals surface area contributed by atoms with Gasteiger partial charge in [0.2, 0.25) is 5.91 Å². The van der Waals surface area contributed by atoms with Gasteiger partial charge in [-0.25, -0.2) is 22.5 Å². The Morgan fingerprint density at radius 3 is 2.40 bits per heavy atom. The van der Waals surface area contributed by atoms with Gasteiger partial charge < -0.3 is 9.64 Å². The first-order valence-electron chi connectivity index (χ1n) is 10.9. The van der Waals surface area contributed by atoms with Crippen LogP contribution < -0.4 is 9.21 Å². The van der Waals surface area contributed by atoms with Crippen molar-refractivity contribution < 1.29 is 22.7 Å². The van der Waals surface area contributed by atoms with Gasteiger partial charge in [0.05, 0.1) is 29.1 Å². The van der Waals surface area contributed by atoms with Crippen LogP contribution in [0.15, 0.2) is 65.7 Å². The summed E-state index contributed by atoms with van der Waals surface area (Å²) in [6.45, 7) is 2.41. The van der Waals surface area contributed by atoms with Crippen LogP contribution in [0, 0.1) is 6.92 Å². The van der Waals surface area contributed by atoms with Crippen molar-refractivity contribution in [3.8, 4) is 0 Å². The number of carbonyl (C=O) groups is 2. The fraction of sp³-hybridized carbons (Fsp3) is 0.240. The normalized spacial score (nSPS) is 13.7. The molecule has 1 aliphatic rings. The van der Waals surface area contributed by atoms with Crippen LogP contribution in [0.3, 0.4) is 0 Å². The molecule has 10 heteroatoms. The van der Waals surface area contributed by atoms with E-state index in [2.05, 4.69) is 4.98 Å². The van der Waals surface area contributed by atoms with Gasteiger partial charge in [0, 0.05) is 24.8 Å². The Morgan fingerprint density at radius 2 is 1.83 bits per heavy atom. The number of aryl methyl sites for hydroxylation is 1. The molecule has 35 heavy (non-hydrogen) atoms. The maximum atomic E-state index is 13.7. The zero-order valence-electron chi connectivity index (χ0n) is 19.3. The molecule has 2 aromatic carbocycles. The van der Waals surface area contributed by atoms with Gasteiger partial charge in [-0.1, -0.05) is 23.7 Å². The number of amides is 1. The van der Waals surface area contributed by atoms with Crippen molar-refractivity contribution in [3.63, 3.8) is 0 Å². The monoisotopic (exact) mass is 513 g/mol. The molecule has 1 amide bonds. The highest BCUT2D eigenvalue weighted by atomic mass is 35.5. The summed E-state index contributed by atoms with van der Waals surface area (Å²) in [4.78, 5) is 29.8. The fourth-order valence-corrected chi connectivity index (χ4v) is 5.63.